The molecule has 0 aromatic carbocycles. The Bertz CT molecular complexity index is 701. The summed E-state index contributed by atoms with van der Waals surface area (Å²) in [6.07, 6.45) is 7.81. The van der Waals surface area contributed by atoms with Gasteiger partial charge in [-0.15, -0.1) is 0 Å². The van der Waals surface area contributed by atoms with Crippen molar-refractivity contribution in [3.05, 3.63) is 36.4 Å². The van der Waals surface area contributed by atoms with Gasteiger partial charge in [-0.3, -0.25) is 4.90 Å². The largest absolute Gasteiger partial charge is 0.461 e. The lowest BCUT2D eigenvalue weighted by Gasteiger charge is -2.24. The van der Waals surface area contributed by atoms with E-state index in [1.54, 1.807) is 6.26 Å². The molecule has 0 bridgehead atoms. The Morgan fingerprint density at radius 3 is 2.83 bits per heavy atom. The van der Waals surface area contributed by atoms with Crippen LogP contribution in [0, 0.1) is 0 Å². The lowest BCUT2D eigenvalue weighted by molar-refractivity contribution is 0.0443. The number of amides is 1. The quantitative estimate of drug-likeness (QED) is 0.930. The van der Waals surface area contributed by atoms with Crippen LogP contribution in [0.25, 0.3) is 11.6 Å². The standard InChI is InChI=1S/C17H20N4O3/c22-16-20-12-17(24-16)4-2-6-21(7-5-17)11-13-9-18-15(19-10-13)14-3-1-8-23-14/h1,3,8-10H,2,4-7,11-12H2,(H,20,22). The molecule has 1 atom stereocenters. The number of hydrogen-bond acceptors (Lipinski definition) is 6. The molecule has 2 aliphatic rings. The van der Waals surface area contributed by atoms with Crippen molar-refractivity contribution in [1.29, 1.82) is 0 Å². The Kier molecular flexibility index (Phi) is 3.93. The van der Waals surface area contributed by atoms with E-state index in [1.807, 2.05) is 24.5 Å². The van der Waals surface area contributed by atoms with E-state index in [2.05, 4.69) is 20.2 Å². The molecule has 7 heteroatoms. The van der Waals surface area contributed by atoms with Crippen molar-refractivity contribution in [3.63, 3.8) is 0 Å². The van der Waals surface area contributed by atoms with Gasteiger partial charge in [0.15, 0.2) is 11.6 Å². The lowest BCUT2D eigenvalue weighted by Crippen LogP contribution is -2.34. The average Bonchev–Trinajstić information content (AvgIpc) is 3.19. The van der Waals surface area contributed by atoms with Crippen molar-refractivity contribution in [1.82, 2.24) is 20.2 Å². The predicted octanol–water partition coefficient (Wildman–Crippen LogP) is 2.20. The van der Waals surface area contributed by atoms with Crippen LogP contribution in [0.1, 0.15) is 24.8 Å². The number of nitrogens with zero attached hydrogens (tertiary/aromatic N) is 3. The highest BCUT2D eigenvalue weighted by atomic mass is 16.6. The molecular weight excluding hydrogens is 308 g/mol. The predicted molar refractivity (Wildman–Crippen MR) is 86.1 cm³/mol. The smallest absolute Gasteiger partial charge is 0.407 e. The number of alkyl carbamates (subject to hydrolysis) is 1. The third kappa shape index (κ3) is 3.12. The Hall–Kier alpha value is -2.41. The van der Waals surface area contributed by atoms with Gasteiger partial charge in [-0.05, 0) is 31.5 Å². The van der Waals surface area contributed by atoms with Crippen molar-refractivity contribution < 1.29 is 13.9 Å². The second kappa shape index (κ2) is 6.24. The van der Waals surface area contributed by atoms with Gasteiger partial charge in [0.2, 0.25) is 0 Å². The molecule has 1 spiro atoms. The molecule has 2 aromatic heterocycles. The molecule has 126 valence electrons. The number of aromatic nitrogens is 2. The van der Waals surface area contributed by atoms with Crippen molar-refractivity contribution in [2.24, 2.45) is 0 Å². The van der Waals surface area contributed by atoms with E-state index in [0.717, 1.165) is 44.5 Å². The molecule has 4 rings (SSSR count). The van der Waals surface area contributed by atoms with Gasteiger partial charge in [0.05, 0.1) is 12.8 Å². The number of nitrogens with one attached hydrogen (secondary N) is 1. The minimum absolute atomic E-state index is 0.287. The van der Waals surface area contributed by atoms with E-state index < -0.39 is 0 Å². The van der Waals surface area contributed by atoms with E-state index in [1.165, 1.54) is 0 Å². The van der Waals surface area contributed by atoms with Crippen molar-refractivity contribution >= 4 is 6.09 Å². The minimum atomic E-state index is -0.314. The molecule has 24 heavy (non-hydrogen) atoms. The molecule has 2 saturated heterocycles. The van der Waals surface area contributed by atoms with Crippen LogP contribution in [0.3, 0.4) is 0 Å². The molecule has 1 unspecified atom stereocenters. The average molecular weight is 328 g/mol. The number of furan rings is 1. The fourth-order valence-electron chi connectivity index (χ4n) is 3.39. The first-order chi connectivity index (χ1) is 11.7. The maximum Gasteiger partial charge on any atom is 0.407 e. The molecule has 0 radical (unpaired) electrons. The lowest BCUT2D eigenvalue weighted by atomic mass is 9.95. The van der Waals surface area contributed by atoms with Crippen LogP contribution in [0.4, 0.5) is 4.79 Å². The fourth-order valence-corrected chi connectivity index (χ4v) is 3.39. The van der Waals surface area contributed by atoms with Crippen LogP contribution in [0.15, 0.2) is 35.2 Å². The topological polar surface area (TPSA) is 80.5 Å². The minimum Gasteiger partial charge on any atom is -0.461 e. The molecular formula is C17H20N4O3. The molecule has 7 nitrogen and oxygen atoms in total. The Balaban J connectivity index is 1.38. The van der Waals surface area contributed by atoms with Gasteiger partial charge in [-0.2, -0.15) is 0 Å². The summed E-state index contributed by atoms with van der Waals surface area (Å²) < 4.78 is 10.8. The highest BCUT2D eigenvalue weighted by molar-refractivity contribution is 5.70. The molecule has 2 fully saturated rings. The summed E-state index contributed by atoms with van der Waals surface area (Å²) in [4.78, 5) is 22.5. The first kappa shape index (κ1) is 15.1. The third-order valence-corrected chi connectivity index (χ3v) is 4.71. The summed E-state index contributed by atoms with van der Waals surface area (Å²) in [7, 11) is 0. The van der Waals surface area contributed by atoms with Gasteiger partial charge in [-0.1, -0.05) is 0 Å². The van der Waals surface area contributed by atoms with Crippen molar-refractivity contribution in [3.8, 4) is 11.6 Å². The van der Waals surface area contributed by atoms with Crippen LogP contribution in [-0.2, 0) is 11.3 Å². The van der Waals surface area contributed by atoms with Gasteiger partial charge < -0.3 is 14.5 Å². The molecule has 4 heterocycles. The zero-order valence-corrected chi connectivity index (χ0v) is 13.4. The van der Waals surface area contributed by atoms with Gasteiger partial charge in [0, 0.05) is 37.5 Å². The summed E-state index contributed by atoms with van der Waals surface area (Å²) in [5, 5.41) is 2.78. The Labute approximate surface area is 140 Å². The number of likely N-dealkylation sites (tertiary alicyclic amines) is 1. The molecule has 0 aliphatic carbocycles. The van der Waals surface area contributed by atoms with E-state index in [-0.39, 0.29) is 11.7 Å². The van der Waals surface area contributed by atoms with Crippen LogP contribution in [0.2, 0.25) is 0 Å². The summed E-state index contributed by atoms with van der Waals surface area (Å²) in [6.45, 7) is 3.31. The van der Waals surface area contributed by atoms with E-state index >= 15 is 0 Å². The fraction of sp³-hybridized carbons (Fsp3) is 0.471. The number of hydrogen-bond donors (Lipinski definition) is 1. The van der Waals surface area contributed by atoms with Crippen LogP contribution < -0.4 is 5.32 Å². The van der Waals surface area contributed by atoms with E-state index in [0.29, 0.717) is 18.1 Å². The molecule has 1 N–H and O–H groups in total. The first-order valence-corrected chi connectivity index (χ1v) is 8.26. The van der Waals surface area contributed by atoms with E-state index in [4.69, 9.17) is 9.15 Å². The number of carbonyl (C=O) groups is 1. The normalized spacial score (nSPS) is 24.6. The number of rotatable bonds is 3. The highest BCUT2D eigenvalue weighted by Crippen LogP contribution is 2.29. The second-order valence-corrected chi connectivity index (χ2v) is 6.45. The van der Waals surface area contributed by atoms with Crippen LogP contribution >= 0.6 is 0 Å². The SMILES string of the molecule is O=C1NCC2(CCCN(Cc3cnc(-c4ccco4)nc3)CC2)O1. The number of carbonyl (C=O) groups excluding carboxylic acids is 1. The molecule has 2 aliphatic heterocycles. The Morgan fingerprint density at radius 1 is 1.25 bits per heavy atom. The Morgan fingerprint density at radius 2 is 2.12 bits per heavy atom. The van der Waals surface area contributed by atoms with E-state index in [9.17, 15) is 4.79 Å². The summed E-state index contributed by atoms with van der Waals surface area (Å²) >= 11 is 0. The van der Waals surface area contributed by atoms with Gasteiger partial charge >= 0.3 is 6.09 Å². The summed E-state index contributed by atoms with van der Waals surface area (Å²) in [5.41, 5.74) is 0.758. The molecule has 1 amide bonds. The molecule has 0 saturated carbocycles. The van der Waals surface area contributed by atoms with Crippen molar-refractivity contribution in [2.75, 3.05) is 19.6 Å². The maximum atomic E-state index is 11.4. The zero-order valence-electron chi connectivity index (χ0n) is 13.4. The highest BCUT2D eigenvalue weighted by Gasteiger charge is 2.41. The maximum absolute atomic E-state index is 11.4. The summed E-state index contributed by atoms with van der Waals surface area (Å²) in [6, 6.07) is 3.67. The third-order valence-electron chi connectivity index (χ3n) is 4.71. The van der Waals surface area contributed by atoms with Crippen LogP contribution in [0.5, 0.6) is 0 Å². The summed E-state index contributed by atoms with van der Waals surface area (Å²) in [5.74, 6) is 1.27. The van der Waals surface area contributed by atoms with Crippen LogP contribution in [-0.4, -0.2) is 46.2 Å². The van der Waals surface area contributed by atoms with Gasteiger partial charge in [0.25, 0.3) is 0 Å². The second-order valence-electron chi connectivity index (χ2n) is 6.45. The molecule has 2 aromatic rings. The number of ether oxygens (including phenoxy) is 1. The zero-order chi connectivity index (χ0) is 16.4. The van der Waals surface area contributed by atoms with Gasteiger partial charge in [-0.25, -0.2) is 14.8 Å². The first-order valence-electron chi connectivity index (χ1n) is 8.26. The van der Waals surface area contributed by atoms with Crippen molar-refractivity contribution in [2.45, 2.75) is 31.4 Å². The monoisotopic (exact) mass is 328 g/mol. The van der Waals surface area contributed by atoms with Gasteiger partial charge in [0.1, 0.15) is 5.60 Å².